The van der Waals surface area contributed by atoms with Crippen LogP contribution in [0.3, 0.4) is 0 Å². The van der Waals surface area contributed by atoms with Gasteiger partial charge in [0.2, 0.25) is 0 Å². The molecule has 4 nitrogen and oxygen atoms in total. The molecule has 1 fully saturated rings. The number of carbonyl (C=O) groups excluding carboxylic acids is 1. The second kappa shape index (κ2) is 5.93. The molecule has 0 aromatic heterocycles. The molecule has 0 amide bonds. The van der Waals surface area contributed by atoms with Gasteiger partial charge in [-0.15, -0.1) is 0 Å². The molecule has 21 heavy (non-hydrogen) atoms. The minimum atomic E-state index is -0.292. The third kappa shape index (κ3) is 2.58. The SMILES string of the molecule is COC(=O)C1=C(C)N=C2SCCCN2[C@@H]1c1ccccc1. The number of carbonyl (C=O) groups is 1. The number of hydrogen-bond acceptors (Lipinski definition) is 5. The lowest BCUT2D eigenvalue weighted by molar-refractivity contribution is -0.136. The lowest BCUT2D eigenvalue weighted by Crippen LogP contribution is -2.42. The average Bonchev–Trinajstić information content (AvgIpc) is 2.53. The molecule has 1 aromatic rings. The molecule has 0 saturated carbocycles. The van der Waals surface area contributed by atoms with Gasteiger partial charge in [0.05, 0.1) is 24.4 Å². The summed E-state index contributed by atoms with van der Waals surface area (Å²) in [7, 11) is 1.43. The third-order valence-corrected chi connectivity index (χ3v) is 4.86. The van der Waals surface area contributed by atoms with Gasteiger partial charge in [0.1, 0.15) is 0 Å². The first-order valence-electron chi connectivity index (χ1n) is 7.04. The van der Waals surface area contributed by atoms with Crippen molar-refractivity contribution in [1.82, 2.24) is 4.90 Å². The average molecular weight is 302 g/mol. The van der Waals surface area contributed by atoms with Crippen molar-refractivity contribution < 1.29 is 9.53 Å². The predicted molar refractivity (Wildman–Crippen MR) is 85.1 cm³/mol. The lowest BCUT2D eigenvalue weighted by Gasteiger charge is -2.40. The summed E-state index contributed by atoms with van der Waals surface area (Å²) < 4.78 is 4.99. The van der Waals surface area contributed by atoms with Gasteiger partial charge < -0.3 is 9.64 Å². The van der Waals surface area contributed by atoms with Crippen molar-refractivity contribution in [2.45, 2.75) is 19.4 Å². The van der Waals surface area contributed by atoms with Crippen LogP contribution in [0, 0.1) is 0 Å². The molecular formula is C16H18N2O2S. The summed E-state index contributed by atoms with van der Waals surface area (Å²) in [6.45, 7) is 2.81. The van der Waals surface area contributed by atoms with Gasteiger partial charge in [0, 0.05) is 12.3 Å². The first-order valence-corrected chi connectivity index (χ1v) is 8.03. The van der Waals surface area contributed by atoms with Crippen molar-refractivity contribution in [2.75, 3.05) is 19.4 Å². The van der Waals surface area contributed by atoms with Gasteiger partial charge in [-0.3, -0.25) is 0 Å². The van der Waals surface area contributed by atoms with E-state index in [1.54, 1.807) is 11.8 Å². The predicted octanol–water partition coefficient (Wildman–Crippen LogP) is 2.98. The Morgan fingerprint density at radius 1 is 1.38 bits per heavy atom. The molecule has 2 aliphatic heterocycles. The van der Waals surface area contributed by atoms with E-state index in [2.05, 4.69) is 22.0 Å². The summed E-state index contributed by atoms with van der Waals surface area (Å²) in [5, 5.41) is 1.01. The maximum absolute atomic E-state index is 12.3. The topological polar surface area (TPSA) is 41.9 Å². The van der Waals surface area contributed by atoms with E-state index < -0.39 is 0 Å². The van der Waals surface area contributed by atoms with Crippen LogP contribution in [0.25, 0.3) is 0 Å². The normalized spacial score (nSPS) is 21.7. The van der Waals surface area contributed by atoms with Crippen LogP contribution in [-0.2, 0) is 9.53 Å². The van der Waals surface area contributed by atoms with Crippen LogP contribution in [0.15, 0.2) is 46.6 Å². The number of aliphatic imine (C=N–C) groups is 1. The van der Waals surface area contributed by atoms with Gasteiger partial charge in [-0.2, -0.15) is 0 Å². The number of benzene rings is 1. The van der Waals surface area contributed by atoms with Crippen molar-refractivity contribution >= 4 is 22.9 Å². The van der Waals surface area contributed by atoms with Gasteiger partial charge >= 0.3 is 5.97 Å². The molecule has 3 rings (SSSR count). The molecule has 0 N–H and O–H groups in total. The van der Waals surface area contributed by atoms with Crippen LogP contribution < -0.4 is 0 Å². The summed E-state index contributed by atoms with van der Waals surface area (Å²) in [5.74, 6) is 0.789. The molecule has 2 aliphatic rings. The summed E-state index contributed by atoms with van der Waals surface area (Å²) >= 11 is 1.76. The zero-order valence-corrected chi connectivity index (χ0v) is 13.0. The lowest BCUT2D eigenvalue weighted by atomic mass is 9.94. The zero-order chi connectivity index (χ0) is 14.8. The van der Waals surface area contributed by atoms with Crippen LogP contribution >= 0.6 is 11.8 Å². The van der Waals surface area contributed by atoms with Crippen LogP contribution in [0.5, 0.6) is 0 Å². The van der Waals surface area contributed by atoms with E-state index in [9.17, 15) is 4.79 Å². The highest BCUT2D eigenvalue weighted by molar-refractivity contribution is 8.13. The fourth-order valence-electron chi connectivity index (χ4n) is 2.82. The van der Waals surface area contributed by atoms with Gasteiger partial charge in [-0.25, -0.2) is 9.79 Å². The molecule has 1 saturated heterocycles. The number of thioether (sulfide) groups is 1. The molecule has 1 atom stereocenters. The molecule has 110 valence electrons. The molecule has 0 spiro atoms. The van der Waals surface area contributed by atoms with Crippen molar-refractivity contribution in [1.29, 1.82) is 0 Å². The summed E-state index contributed by atoms with van der Waals surface area (Å²) in [6.07, 6.45) is 1.10. The number of esters is 1. The van der Waals surface area contributed by atoms with Crippen LogP contribution in [0.2, 0.25) is 0 Å². The van der Waals surface area contributed by atoms with Crippen molar-refractivity contribution in [3.8, 4) is 0 Å². The number of amidine groups is 1. The van der Waals surface area contributed by atoms with E-state index in [4.69, 9.17) is 4.74 Å². The summed E-state index contributed by atoms with van der Waals surface area (Å²) in [5.41, 5.74) is 2.51. The third-order valence-electron chi connectivity index (χ3n) is 3.78. The largest absolute Gasteiger partial charge is 0.466 e. The van der Waals surface area contributed by atoms with Gasteiger partial charge in [-0.1, -0.05) is 42.1 Å². The minimum Gasteiger partial charge on any atom is -0.466 e. The van der Waals surface area contributed by atoms with Crippen LogP contribution in [0.4, 0.5) is 0 Å². The second-order valence-electron chi connectivity index (χ2n) is 5.09. The number of rotatable bonds is 2. The first-order chi connectivity index (χ1) is 10.2. The maximum Gasteiger partial charge on any atom is 0.338 e. The van der Waals surface area contributed by atoms with E-state index >= 15 is 0 Å². The Bertz CT molecular complexity index is 610. The van der Waals surface area contributed by atoms with Crippen molar-refractivity contribution in [3.63, 3.8) is 0 Å². The fourth-order valence-corrected chi connectivity index (χ4v) is 3.84. The highest BCUT2D eigenvalue weighted by atomic mass is 32.2. The number of fused-ring (bicyclic) bond motifs is 1. The Labute approximate surface area is 128 Å². The number of methoxy groups -OCH3 is 1. The Morgan fingerprint density at radius 2 is 2.14 bits per heavy atom. The maximum atomic E-state index is 12.3. The Morgan fingerprint density at radius 3 is 2.86 bits per heavy atom. The monoisotopic (exact) mass is 302 g/mol. The molecule has 5 heteroatoms. The van der Waals surface area contributed by atoms with Crippen molar-refractivity contribution in [3.05, 3.63) is 47.2 Å². The van der Waals surface area contributed by atoms with E-state index in [0.29, 0.717) is 5.57 Å². The quantitative estimate of drug-likeness (QED) is 0.788. The van der Waals surface area contributed by atoms with Gasteiger partial charge in [0.25, 0.3) is 0 Å². The molecule has 0 aliphatic carbocycles. The number of allylic oxidation sites excluding steroid dienone is 1. The fraction of sp³-hybridized carbons (Fsp3) is 0.375. The molecule has 0 bridgehead atoms. The molecular weight excluding hydrogens is 284 g/mol. The molecule has 2 heterocycles. The second-order valence-corrected chi connectivity index (χ2v) is 6.16. The molecule has 0 unspecified atom stereocenters. The van der Waals surface area contributed by atoms with E-state index in [1.165, 1.54) is 7.11 Å². The molecule has 0 radical (unpaired) electrons. The Hall–Kier alpha value is -1.75. The minimum absolute atomic E-state index is 0.0982. The van der Waals surface area contributed by atoms with E-state index in [0.717, 1.165) is 35.1 Å². The van der Waals surface area contributed by atoms with Gasteiger partial charge in [0.15, 0.2) is 5.17 Å². The molecule has 1 aromatic carbocycles. The highest BCUT2D eigenvalue weighted by Crippen LogP contribution is 2.39. The van der Waals surface area contributed by atoms with Crippen LogP contribution in [-0.4, -0.2) is 35.4 Å². The van der Waals surface area contributed by atoms with Crippen LogP contribution in [0.1, 0.15) is 24.9 Å². The smallest absolute Gasteiger partial charge is 0.338 e. The Kier molecular flexibility index (Phi) is 4.01. The Balaban J connectivity index is 2.11. The van der Waals surface area contributed by atoms with E-state index in [1.807, 2.05) is 25.1 Å². The number of ether oxygens (including phenoxy) is 1. The van der Waals surface area contributed by atoms with Gasteiger partial charge in [-0.05, 0) is 18.9 Å². The van der Waals surface area contributed by atoms with E-state index in [-0.39, 0.29) is 12.0 Å². The summed E-state index contributed by atoms with van der Waals surface area (Å²) in [6, 6.07) is 10.0. The zero-order valence-electron chi connectivity index (χ0n) is 12.2. The van der Waals surface area contributed by atoms with Crippen molar-refractivity contribution in [2.24, 2.45) is 4.99 Å². The standard InChI is InChI=1S/C16H18N2O2S/c1-11-13(15(19)20-2)14(12-7-4-3-5-8-12)18-9-6-10-21-16(18)17-11/h3-5,7-8,14H,6,9-10H2,1-2H3/t14-/m1/s1. The number of hydrogen-bond donors (Lipinski definition) is 0. The summed E-state index contributed by atoms with van der Waals surface area (Å²) in [4.78, 5) is 19.1. The number of nitrogens with zero attached hydrogens (tertiary/aromatic N) is 2. The first kappa shape index (κ1) is 14.2. The highest BCUT2D eigenvalue weighted by Gasteiger charge is 2.37.